The number of aliphatic imine (C=N–C) groups is 1. The molecule has 16 heavy (non-hydrogen) atoms. The van der Waals surface area contributed by atoms with Gasteiger partial charge in [0.25, 0.3) is 0 Å². The second-order valence-corrected chi connectivity index (χ2v) is 2.90. The lowest BCUT2D eigenvalue weighted by atomic mass is 10.4. The van der Waals surface area contributed by atoms with E-state index in [0.29, 0.717) is 31.1 Å². The molecule has 0 fully saturated rings. The van der Waals surface area contributed by atoms with Crippen LogP contribution in [0.15, 0.2) is 11.2 Å². The van der Waals surface area contributed by atoms with Gasteiger partial charge in [-0.25, -0.2) is 4.68 Å². The van der Waals surface area contributed by atoms with E-state index in [9.17, 15) is 0 Å². The normalized spacial score (nSPS) is 10.6. The lowest BCUT2D eigenvalue weighted by Gasteiger charge is -2.02. The third-order valence-corrected chi connectivity index (χ3v) is 1.86. The SMILES string of the molecule is CCOC=Nc1c(C#N)cnn1CCOC. The summed E-state index contributed by atoms with van der Waals surface area (Å²) < 4.78 is 11.5. The van der Waals surface area contributed by atoms with Crippen molar-refractivity contribution in [2.75, 3.05) is 20.3 Å². The van der Waals surface area contributed by atoms with Gasteiger partial charge in [-0.2, -0.15) is 15.4 Å². The molecule has 0 atom stereocenters. The summed E-state index contributed by atoms with van der Waals surface area (Å²) in [6, 6.07) is 2.03. The van der Waals surface area contributed by atoms with E-state index in [4.69, 9.17) is 14.7 Å². The third kappa shape index (κ3) is 3.07. The van der Waals surface area contributed by atoms with Crippen LogP contribution in [0.5, 0.6) is 0 Å². The maximum Gasteiger partial charge on any atom is 0.176 e. The molecule has 0 radical (unpaired) electrons. The van der Waals surface area contributed by atoms with Crippen molar-refractivity contribution in [1.29, 1.82) is 5.26 Å². The fourth-order valence-corrected chi connectivity index (χ4v) is 1.10. The fourth-order valence-electron chi connectivity index (χ4n) is 1.10. The van der Waals surface area contributed by atoms with E-state index in [2.05, 4.69) is 10.1 Å². The molecule has 0 aliphatic heterocycles. The molecule has 0 aliphatic rings. The van der Waals surface area contributed by atoms with E-state index in [1.165, 1.54) is 12.6 Å². The van der Waals surface area contributed by atoms with Crippen LogP contribution in [0.3, 0.4) is 0 Å². The van der Waals surface area contributed by atoms with E-state index in [1.807, 2.05) is 13.0 Å². The first kappa shape index (κ1) is 12.2. The van der Waals surface area contributed by atoms with Crippen molar-refractivity contribution in [3.05, 3.63) is 11.8 Å². The molecule has 0 saturated carbocycles. The summed E-state index contributed by atoms with van der Waals surface area (Å²) in [5.74, 6) is 0.494. The number of aromatic nitrogens is 2. The van der Waals surface area contributed by atoms with Crippen LogP contribution >= 0.6 is 0 Å². The number of hydrogen-bond donors (Lipinski definition) is 0. The molecule has 1 aromatic rings. The maximum atomic E-state index is 8.86. The van der Waals surface area contributed by atoms with Gasteiger partial charge in [0.2, 0.25) is 0 Å². The first-order valence-electron chi connectivity index (χ1n) is 4.92. The quantitative estimate of drug-likeness (QED) is 0.533. The van der Waals surface area contributed by atoms with Gasteiger partial charge < -0.3 is 9.47 Å². The van der Waals surface area contributed by atoms with Gasteiger partial charge in [-0.3, -0.25) is 0 Å². The van der Waals surface area contributed by atoms with Crippen molar-refractivity contribution < 1.29 is 9.47 Å². The van der Waals surface area contributed by atoms with Crippen molar-refractivity contribution in [2.45, 2.75) is 13.5 Å². The Morgan fingerprint density at radius 3 is 3.12 bits per heavy atom. The molecular formula is C10H14N4O2. The number of ether oxygens (including phenoxy) is 2. The minimum absolute atomic E-state index is 0.423. The molecule has 6 heteroatoms. The van der Waals surface area contributed by atoms with E-state index in [0.717, 1.165) is 0 Å². The molecule has 0 saturated heterocycles. The average molecular weight is 222 g/mol. The number of nitriles is 1. The highest BCUT2D eigenvalue weighted by Gasteiger charge is 2.08. The molecule has 1 heterocycles. The van der Waals surface area contributed by atoms with Gasteiger partial charge in [0.1, 0.15) is 11.6 Å². The van der Waals surface area contributed by atoms with Crippen LogP contribution in [-0.4, -0.2) is 36.5 Å². The van der Waals surface area contributed by atoms with Gasteiger partial charge in [-0.1, -0.05) is 0 Å². The Labute approximate surface area is 94.1 Å². The van der Waals surface area contributed by atoms with Crippen molar-refractivity contribution in [3.8, 4) is 6.07 Å². The highest BCUT2D eigenvalue weighted by Crippen LogP contribution is 2.17. The Morgan fingerprint density at radius 2 is 2.50 bits per heavy atom. The number of methoxy groups -OCH3 is 1. The summed E-state index contributed by atoms with van der Waals surface area (Å²) in [5.41, 5.74) is 0.423. The second kappa shape index (κ2) is 6.58. The maximum absolute atomic E-state index is 8.86. The zero-order chi connectivity index (χ0) is 11.8. The highest BCUT2D eigenvalue weighted by atomic mass is 16.5. The smallest absolute Gasteiger partial charge is 0.176 e. The Balaban J connectivity index is 2.84. The molecule has 6 nitrogen and oxygen atoms in total. The number of nitrogens with zero attached hydrogens (tertiary/aromatic N) is 4. The Kier molecular flexibility index (Phi) is 5.02. The van der Waals surface area contributed by atoms with E-state index >= 15 is 0 Å². The fraction of sp³-hybridized carbons (Fsp3) is 0.500. The zero-order valence-electron chi connectivity index (χ0n) is 9.38. The van der Waals surface area contributed by atoms with Gasteiger partial charge in [0, 0.05) is 7.11 Å². The molecule has 0 aliphatic carbocycles. The molecule has 1 aromatic heterocycles. The highest BCUT2D eigenvalue weighted by molar-refractivity contribution is 5.58. The summed E-state index contributed by atoms with van der Waals surface area (Å²) in [6.07, 6.45) is 2.80. The molecule has 86 valence electrons. The minimum Gasteiger partial charge on any atom is -0.483 e. The topological polar surface area (TPSA) is 72.4 Å². The summed E-state index contributed by atoms with van der Waals surface area (Å²) >= 11 is 0. The number of rotatable bonds is 6. The van der Waals surface area contributed by atoms with Crippen LogP contribution in [0.25, 0.3) is 0 Å². The van der Waals surface area contributed by atoms with E-state index in [-0.39, 0.29) is 0 Å². The first-order valence-corrected chi connectivity index (χ1v) is 4.92. The Bertz CT molecular complexity index is 392. The lowest BCUT2D eigenvalue weighted by Crippen LogP contribution is -2.05. The van der Waals surface area contributed by atoms with Crippen molar-refractivity contribution in [1.82, 2.24) is 9.78 Å². The summed E-state index contributed by atoms with van der Waals surface area (Å²) in [7, 11) is 1.61. The molecule has 0 unspecified atom stereocenters. The van der Waals surface area contributed by atoms with Gasteiger partial charge in [0.15, 0.2) is 12.2 Å². The van der Waals surface area contributed by atoms with Crippen LogP contribution in [0.4, 0.5) is 5.82 Å². The van der Waals surface area contributed by atoms with Gasteiger partial charge in [-0.05, 0) is 6.92 Å². The van der Waals surface area contributed by atoms with E-state index in [1.54, 1.807) is 11.8 Å². The summed E-state index contributed by atoms with van der Waals surface area (Å²) in [4.78, 5) is 4.05. The predicted molar refractivity (Wildman–Crippen MR) is 58.6 cm³/mol. The van der Waals surface area contributed by atoms with Crippen LogP contribution in [0.1, 0.15) is 12.5 Å². The molecule has 0 spiro atoms. The van der Waals surface area contributed by atoms with Crippen LogP contribution in [0, 0.1) is 11.3 Å². The molecule has 0 aromatic carbocycles. The summed E-state index contributed by atoms with van der Waals surface area (Å²) in [6.45, 7) is 3.47. The van der Waals surface area contributed by atoms with Gasteiger partial charge in [-0.15, -0.1) is 0 Å². The van der Waals surface area contributed by atoms with Crippen molar-refractivity contribution in [2.24, 2.45) is 4.99 Å². The molecule has 0 N–H and O–H groups in total. The Morgan fingerprint density at radius 1 is 1.69 bits per heavy atom. The van der Waals surface area contributed by atoms with Crippen LogP contribution in [-0.2, 0) is 16.0 Å². The van der Waals surface area contributed by atoms with Crippen LogP contribution < -0.4 is 0 Å². The minimum atomic E-state index is 0.423. The van der Waals surface area contributed by atoms with E-state index < -0.39 is 0 Å². The van der Waals surface area contributed by atoms with Crippen molar-refractivity contribution >= 4 is 12.2 Å². The second-order valence-electron chi connectivity index (χ2n) is 2.90. The molecule has 1 rings (SSSR count). The van der Waals surface area contributed by atoms with Crippen LogP contribution in [0.2, 0.25) is 0 Å². The third-order valence-electron chi connectivity index (χ3n) is 1.86. The standard InChI is InChI=1S/C10H14N4O2/c1-3-16-8-12-10-9(6-11)7-13-14(10)4-5-15-2/h7-8H,3-5H2,1-2H3. The summed E-state index contributed by atoms with van der Waals surface area (Å²) in [5, 5.41) is 12.9. The lowest BCUT2D eigenvalue weighted by molar-refractivity contribution is 0.184. The average Bonchev–Trinajstić information content (AvgIpc) is 2.69. The largest absolute Gasteiger partial charge is 0.483 e. The monoisotopic (exact) mass is 222 g/mol. The predicted octanol–water partition coefficient (Wildman–Crippen LogP) is 1.10. The Hall–Kier alpha value is -1.87. The molecular weight excluding hydrogens is 208 g/mol. The zero-order valence-corrected chi connectivity index (χ0v) is 9.38. The first-order chi connectivity index (χ1) is 7.83. The molecule has 0 amide bonds. The van der Waals surface area contributed by atoms with Gasteiger partial charge in [0.05, 0.1) is 26.0 Å². The van der Waals surface area contributed by atoms with Crippen molar-refractivity contribution in [3.63, 3.8) is 0 Å². The molecule has 0 bridgehead atoms. The number of hydrogen-bond acceptors (Lipinski definition) is 5. The van der Waals surface area contributed by atoms with Gasteiger partial charge >= 0.3 is 0 Å².